The number of cyclic esters (lactones) is 1. The summed E-state index contributed by atoms with van der Waals surface area (Å²) in [7, 11) is 3.04. The van der Waals surface area contributed by atoms with E-state index in [1.165, 1.54) is 28.8 Å². The smallest absolute Gasteiger partial charge is 0.308 e. The van der Waals surface area contributed by atoms with Crippen LogP contribution in [0.15, 0.2) is 0 Å². The fourth-order valence-corrected chi connectivity index (χ4v) is 5.40. The molecule has 2 aliphatic heterocycles. The van der Waals surface area contributed by atoms with Gasteiger partial charge in [0, 0.05) is 27.2 Å². The Morgan fingerprint density at radius 3 is 2.17 bits per heavy atom. The lowest BCUT2D eigenvalue weighted by Gasteiger charge is -2.38. The predicted molar refractivity (Wildman–Crippen MR) is 152 cm³/mol. The molecule has 5 amide bonds. The molecular formula is C29H49N5O7. The van der Waals surface area contributed by atoms with Crippen LogP contribution in [0, 0.1) is 11.8 Å². The molecule has 6 atom stereocenters. The van der Waals surface area contributed by atoms with Gasteiger partial charge in [0.05, 0.1) is 6.42 Å². The molecule has 0 saturated carbocycles. The van der Waals surface area contributed by atoms with Crippen molar-refractivity contribution in [2.24, 2.45) is 11.8 Å². The highest BCUT2D eigenvalue weighted by Crippen LogP contribution is 2.23. The number of esters is 1. The van der Waals surface area contributed by atoms with Gasteiger partial charge in [-0.3, -0.25) is 28.8 Å². The SMILES string of the molecule is CCC[C@@H]1OC(=O)CCNC(=O)[C@H](C)N(C)C(=O)[C@H](C(C)C)N(C)C(=O)[C@H]([C@@H](C)CC)NC(=O)[C@@H]2CCCN2C1=O. The first-order chi connectivity index (χ1) is 19.3. The van der Waals surface area contributed by atoms with Crippen molar-refractivity contribution in [3.05, 3.63) is 0 Å². The zero-order valence-corrected chi connectivity index (χ0v) is 25.9. The van der Waals surface area contributed by atoms with Crippen LogP contribution in [0.5, 0.6) is 0 Å². The van der Waals surface area contributed by atoms with Crippen LogP contribution in [0.1, 0.15) is 80.1 Å². The summed E-state index contributed by atoms with van der Waals surface area (Å²) < 4.78 is 5.52. The quantitative estimate of drug-likeness (QED) is 0.464. The van der Waals surface area contributed by atoms with Gasteiger partial charge < -0.3 is 30.1 Å². The lowest BCUT2D eigenvalue weighted by molar-refractivity contribution is -0.162. The van der Waals surface area contributed by atoms with Crippen LogP contribution in [0.3, 0.4) is 0 Å². The molecule has 0 aromatic heterocycles. The van der Waals surface area contributed by atoms with Gasteiger partial charge in [-0.05, 0) is 38.0 Å². The Kier molecular flexibility index (Phi) is 12.6. The second kappa shape index (κ2) is 15.2. The van der Waals surface area contributed by atoms with Gasteiger partial charge in [0.15, 0.2) is 6.10 Å². The maximum Gasteiger partial charge on any atom is 0.308 e. The third kappa shape index (κ3) is 8.19. The number of hydrogen-bond acceptors (Lipinski definition) is 7. The van der Waals surface area contributed by atoms with Crippen molar-refractivity contribution >= 4 is 35.5 Å². The Bertz CT molecular complexity index is 987. The molecule has 12 heteroatoms. The Balaban J connectivity index is 2.52. The zero-order valence-electron chi connectivity index (χ0n) is 25.9. The van der Waals surface area contributed by atoms with Crippen LogP contribution in [0.4, 0.5) is 0 Å². The summed E-state index contributed by atoms with van der Waals surface area (Å²) in [6.45, 7) is 11.1. The summed E-state index contributed by atoms with van der Waals surface area (Å²) in [5.41, 5.74) is 0. The second-order valence-electron chi connectivity index (χ2n) is 11.6. The lowest BCUT2D eigenvalue weighted by atomic mass is 9.94. The lowest BCUT2D eigenvalue weighted by Crippen LogP contribution is -2.60. The minimum absolute atomic E-state index is 0.0333. The summed E-state index contributed by atoms with van der Waals surface area (Å²) in [5, 5.41) is 5.55. The average Bonchev–Trinajstić information content (AvgIpc) is 3.43. The van der Waals surface area contributed by atoms with Crippen LogP contribution < -0.4 is 10.6 Å². The molecule has 2 N–H and O–H groups in total. The third-order valence-electron chi connectivity index (χ3n) is 8.30. The van der Waals surface area contributed by atoms with Crippen LogP contribution in [0.2, 0.25) is 0 Å². The van der Waals surface area contributed by atoms with E-state index in [1.54, 1.807) is 6.92 Å². The molecular weight excluding hydrogens is 530 g/mol. The van der Waals surface area contributed by atoms with Gasteiger partial charge in [-0.15, -0.1) is 0 Å². The Labute approximate surface area is 243 Å². The molecule has 0 spiro atoms. The first kappa shape index (κ1) is 34.0. The van der Waals surface area contributed by atoms with Gasteiger partial charge in [-0.1, -0.05) is 47.5 Å². The summed E-state index contributed by atoms with van der Waals surface area (Å²) in [4.78, 5) is 84.2. The number of carbonyl (C=O) groups excluding carboxylic acids is 6. The molecule has 2 aliphatic rings. The Morgan fingerprint density at radius 1 is 0.927 bits per heavy atom. The molecule has 0 radical (unpaired) electrons. The molecule has 2 heterocycles. The number of ether oxygens (including phenoxy) is 1. The van der Waals surface area contributed by atoms with Crippen molar-refractivity contribution in [2.75, 3.05) is 27.2 Å². The number of likely N-dealkylation sites (N-methyl/N-ethyl adjacent to an activating group) is 2. The standard InChI is InChI=1S/C29H49N5O7/c1-9-12-21-27(38)34-16-11-13-20(34)26(37)31-23(18(5)10-2)28(39)33(8)24(17(3)4)29(40)32(7)19(6)25(36)30-15-14-22(35)41-21/h17-21,23-24H,9-16H2,1-8H3,(H,30,36)(H,31,37)/t18-,19-,20-,21-,23-,24-/m0/s1. The summed E-state index contributed by atoms with van der Waals surface area (Å²) in [5.74, 6) is -3.38. The number of nitrogens with one attached hydrogen (secondary N) is 2. The molecule has 0 unspecified atom stereocenters. The largest absolute Gasteiger partial charge is 0.452 e. The van der Waals surface area contributed by atoms with E-state index in [0.29, 0.717) is 38.6 Å². The van der Waals surface area contributed by atoms with Crippen molar-refractivity contribution in [1.82, 2.24) is 25.3 Å². The molecule has 0 aromatic carbocycles. The number of fused-ring (bicyclic) bond motifs is 1. The second-order valence-corrected chi connectivity index (χ2v) is 11.6. The Hall–Kier alpha value is -3.18. The maximum absolute atomic E-state index is 13.9. The third-order valence-corrected chi connectivity index (χ3v) is 8.30. The molecule has 2 rings (SSSR count). The molecule has 2 fully saturated rings. The van der Waals surface area contributed by atoms with Crippen LogP contribution in [0.25, 0.3) is 0 Å². The van der Waals surface area contributed by atoms with Crippen LogP contribution >= 0.6 is 0 Å². The molecule has 0 aromatic rings. The highest BCUT2D eigenvalue weighted by atomic mass is 16.5. The fourth-order valence-electron chi connectivity index (χ4n) is 5.40. The zero-order chi connectivity index (χ0) is 31.0. The van der Waals surface area contributed by atoms with E-state index in [0.717, 1.165) is 0 Å². The van der Waals surface area contributed by atoms with Gasteiger partial charge >= 0.3 is 5.97 Å². The van der Waals surface area contributed by atoms with Gasteiger partial charge in [0.1, 0.15) is 24.2 Å². The highest BCUT2D eigenvalue weighted by molar-refractivity contribution is 5.96. The van der Waals surface area contributed by atoms with Gasteiger partial charge in [-0.25, -0.2) is 0 Å². The normalized spacial score (nSPS) is 28.9. The fraction of sp³-hybridized carbons (Fsp3) is 0.793. The Morgan fingerprint density at radius 2 is 1.59 bits per heavy atom. The van der Waals surface area contributed by atoms with E-state index in [-0.39, 0.29) is 24.8 Å². The first-order valence-electron chi connectivity index (χ1n) is 14.9. The van der Waals surface area contributed by atoms with Crippen molar-refractivity contribution in [3.8, 4) is 0 Å². The number of amides is 5. The molecule has 12 nitrogen and oxygen atoms in total. The molecule has 0 bridgehead atoms. The molecule has 0 aliphatic carbocycles. The van der Waals surface area contributed by atoms with Crippen molar-refractivity contribution in [3.63, 3.8) is 0 Å². The minimum Gasteiger partial charge on any atom is -0.452 e. The highest BCUT2D eigenvalue weighted by Gasteiger charge is 2.42. The average molecular weight is 580 g/mol. The maximum atomic E-state index is 13.9. The monoisotopic (exact) mass is 579 g/mol. The summed E-state index contributed by atoms with van der Waals surface area (Å²) in [6.07, 6.45) is 1.27. The topological polar surface area (TPSA) is 145 Å². The minimum atomic E-state index is -1.05. The van der Waals surface area contributed by atoms with Crippen molar-refractivity contribution in [1.29, 1.82) is 0 Å². The number of hydrogen-bond donors (Lipinski definition) is 2. The number of carbonyl (C=O) groups is 6. The van der Waals surface area contributed by atoms with E-state index in [2.05, 4.69) is 10.6 Å². The van der Waals surface area contributed by atoms with E-state index >= 15 is 0 Å². The van der Waals surface area contributed by atoms with Crippen LogP contribution in [-0.4, -0.2) is 108 Å². The first-order valence-corrected chi connectivity index (χ1v) is 14.9. The van der Waals surface area contributed by atoms with Crippen molar-refractivity contribution in [2.45, 2.75) is 110 Å². The summed E-state index contributed by atoms with van der Waals surface area (Å²) in [6, 6.07) is -3.50. The van der Waals surface area contributed by atoms with E-state index in [1.807, 2.05) is 34.6 Å². The van der Waals surface area contributed by atoms with E-state index in [4.69, 9.17) is 4.74 Å². The van der Waals surface area contributed by atoms with Gasteiger partial charge in [0.25, 0.3) is 5.91 Å². The molecule has 41 heavy (non-hydrogen) atoms. The molecule has 232 valence electrons. The van der Waals surface area contributed by atoms with Gasteiger partial charge in [0.2, 0.25) is 23.6 Å². The number of rotatable bonds is 5. The summed E-state index contributed by atoms with van der Waals surface area (Å²) >= 11 is 0. The van der Waals surface area contributed by atoms with E-state index in [9.17, 15) is 28.8 Å². The predicted octanol–water partition coefficient (Wildman–Crippen LogP) is 1.07. The van der Waals surface area contributed by atoms with E-state index < -0.39 is 65.8 Å². The molecule has 2 saturated heterocycles. The van der Waals surface area contributed by atoms with Gasteiger partial charge in [-0.2, -0.15) is 0 Å². The van der Waals surface area contributed by atoms with Crippen molar-refractivity contribution < 1.29 is 33.5 Å². The van der Waals surface area contributed by atoms with Crippen LogP contribution in [-0.2, 0) is 33.5 Å². The number of nitrogens with zero attached hydrogens (tertiary/aromatic N) is 3.